The van der Waals surface area contributed by atoms with Crippen molar-refractivity contribution in [2.24, 2.45) is 0 Å². The number of likely N-dealkylation sites (N-methyl/N-ethyl adjacent to an activating group) is 2. The van der Waals surface area contributed by atoms with Gasteiger partial charge < -0.3 is 10.6 Å². The minimum absolute atomic E-state index is 0.137. The predicted octanol–water partition coefficient (Wildman–Crippen LogP) is 0.565. The van der Waals surface area contributed by atoms with Gasteiger partial charge in [0, 0.05) is 13.6 Å². The lowest BCUT2D eigenvalue weighted by Gasteiger charge is -2.19. The minimum Gasteiger partial charge on any atom is -0.355 e. The van der Waals surface area contributed by atoms with E-state index in [0.717, 1.165) is 15.4 Å². The Morgan fingerprint density at radius 3 is 2.38 bits per heavy atom. The Morgan fingerprint density at radius 1 is 1.21 bits per heavy atom. The van der Waals surface area contributed by atoms with E-state index in [1.54, 1.807) is 26.0 Å². The van der Waals surface area contributed by atoms with Crippen molar-refractivity contribution in [3.05, 3.63) is 29.3 Å². The Balaban J connectivity index is 2.78. The van der Waals surface area contributed by atoms with Crippen LogP contribution in [0.4, 0.5) is 0 Å². The van der Waals surface area contributed by atoms with Crippen molar-refractivity contribution in [3.63, 3.8) is 0 Å². The van der Waals surface area contributed by atoms with Crippen LogP contribution in [-0.2, 0) is 19.6 Å². The lowest BCUT2D eigenvalue weighted by Crippen LogP contribution is -2.48. The van der Waals surface area contributed by atoms with Gasteiger partial charge in [0.25, 0.3) is 0 Å². The van der Waals surface area contributed by atoms with Crippen LogP contribution in [0.2, 0.25) is 0 Å². The molecule has 0 bridgehead atoms. The fourth-order valence-corrected chi connectivity index (χ4v) is 3.23. The highest BCUT2D eigenvalue weighted by Crippen LogP contribution is 2.17. The molecule has 24 heavy (non-hydrogen) atoms. The van der Waals surface area contributed by atoms with Gasteiger partial charge in [-0.1, -0.05) is 6.07 Å². The lowest BCUT2D eigenvalue weighted by atomic mass is 10.1. The first kappa shape index (κ1) is 20.1. The van der Waals surface area contributed by atoms with Crippen molar-refractivity contribution in [1.82, 2.24) is 14.9 Å². The van der Waals surface area contributed by atoms with Gasteiger partial charge in [-0.3, -0.25) is 9.59 Å². The minimum atomic E-state index is -3.77. The van der Waals surface area contributed by atoms with Crippen molar-refractivity contribution in [2.45, 2.75) is 38.6 Å². The fourth-order valence-electron chi connectivity index (χ4n) is 2.02. The van der Waals surface area contributed by atoms with Crippen molar-refractivity contribution >= 4 is 21.8 Å². The molecule has 0 aliphatic rings. The normalized spacial score (nSPS) is 12.8. The van der Waals surface area contributed by atoms with E-state index in [2.05, 4.69) is 10.6 Å². The maximum absolute atomic E-state index is 12.5. The maximum atomic E-state index is 12.5. The standard InChI is InChI=1S/C16H25N3O4S/c1-6-17-16(21)13(4)18-15(20)10-19(5)24(22,23)14-8-7-11(2)12(3)9-14/h7-9,13H,6,10H2,1-5H3,(H,17,21)(H,18,20)/t13-/m1/s1. The van der Waals surface area contributed by atoms with E-state index in [9.17, 15) is 18.0 Å². The molecule has 1 aromatic rings. The van der Waals surface area contributed by atoms with Crippen molar-refractivity contribution in [1.29, 1.82) is 0 Å². The fraction of sp³-hybridized carbons (Fsp3) is 0.500. The number of hydrogen-bond acceptors (Lipinski definition) is 4. The van der Waals surface area contributed by atoms with E-state index in [4.69, 9.17) is 0 Å². The Labute approximate surface area is 143 Å². The van der Waals surface area contributed by atoms with E-state index >= 15 is 0 Å². The van der Waals surface area contributed by atoms with Crippen molar-refractivity contribution in [2.75, 3.05) is 20.1 Å². The molecular formula is C16H25N3O4S. The van der Waals surface area contributed by atoms with Gasteiger partial charge in [0.15, 0.2) is 0 Å². The number of nitrogens with one attached hydrogen (secondary N) is 2. The molecule has 0 aliphatic heterocycles. The van der Waals surface area contributed by atoms with E-state index in [0.29, 0.717) is 6.54 Å². The number of aryl methyl sites for hydroxylation is 2. The summed E-state index contributed by atoms with van der Waals surface area (Å²) < 4.78 is 26.0. The van der Waals surface area contributed by atoms with Gasteiger partial charge in [0.1, 0.15) is 6.04 Å². The topological polar surface area (TPSA) is 95.6 Å². The Kier molecular flexibility index (Phi) is 6.92. The summed E-state index contributed by atoms with van der Waals surface area (Å²) in [5, 5.41) is 5.07. The Hall–Kier alpha value is -1.93. The zero-order valence-corrected chi connectivity index (χ0v) is 15.5. The van der Waals surface area contributed by atoms with Crippen LogP contribution >= 0.6 is 0 Å². The second-order valence-corrected chi connectivity index (χ2v) is 7.74. The maximum Gasteiger partial charge on any atom is 0.243 e. The van der Waals surface area contributed by atoms with E-state index in [-0.39, 0.29) is 17.3 Å². The lowest BCUT2D eigenvalue weighted by molar-refractivity contribution is -0.128. The molecule has 8 heteroatoms. The predicted molar refractivity (Wildman–Crippen MR) is 92.0 cm³/mol. The molecule has 0 aromatic heterocycles. The number of rotatable bonds is 7. The highest BCUT2D eigenvalue weighted by molar-refractivity contribution is 7.89. The summed E-state index contributed by atoms with van der Waals surface area (Å²) in [6, 6.07) is 4.10. The molecule has 0 spiro atoms. The molecule has 134 valence electrons. The highest BCUT2D eigenvalue weighted by atomic mass is 32.2. The zero-order chi connectivity index (χ0) is 18.5. The summed E-state index contributed by atoms with van der Waals surface area (Å²) in [5.74, 6) is -0.853. The molecule has 0 saturated heterocycles. The molecule has 0 unspecified atom stereocenters. The van der Waals surface area contributed by atoms with Gasteiger partial charge in [-0.25, -0.2) is 8.42 Å². The molecule has 0 radical (unpaired) electrons. The van der Waals surface area contributed by atoms with Gasteiger partial charge in [-0.15, -0.1) is 0 Å². The van der Waals surface area contributed by atoms with Gasteiger partial charge in [0.2, 0.25) is 21.8 Å². The summed E-state index contributed by atoms with van der Waals surface area (Å²) in [5.41, 5.74) is 1.85. The molecule has 1 atom stereocenters. The molecular weight excluding hydrogens is 330 g/mol. The first-order chi connectivity index (χ1) is 11.1. The van der Waals surface area contributed by atoms with Gasteiger partial charge >= 0.3 is 0 Å². The number of hydrogen-bond donors (Lipinski definition) is 2. The molecule has 1 aromatic carbocycles. The number of nitrogens with zero attached hydrogens (tertiary/aromatic N) is 1. The summed E-state index contributed by atoms with van der Waals surface area (Å²) in [4.78, 5) is 23.7. The third kappa shape index (κ3) is 5.04. The van der Waals surface area contributed by atoms with Gasteiger partial charge in [-0.05, 0) is 51.0 Å². The number of amides is 2. The number of sulfonamides is 1. The summed E-state index contributed by atoms with van der Waals surface area (Å²) in [6.45, 7) is 7.14. The van der Waals surface area contributed by atoms with Crippen molar-refractivity contribution in [3.8, 4) is 0 Å². The Bertz CT molecular complexity index is 716. The molecule has 0 aliphatic carbocycles. The number of carbonyl (C=O) groups is 2. The highest BCUT2D eigenvalue weighted by Gasteiger charge is 2.24. The molecule has 1 rings (SSSR count). The van der Waals surface area contributed by atoms with Crippen LogP contribution in [0.1, 0.15) is 25.0 Å². The van der Waals surface area contributed by atoms with E-state index in [1.165, 1.54) is 13.1 Å². The zero-order valence-electron chi connectivity index (χ0n) is 14.7. The summed E-state index contributed by atoms with van der Waals surface area (Å²) in [7, 11) is -2.43. The average Bonchev–Trinajstić information content (AvgIpc) is 2.49. The first-order valence-corrected chi connectivity index (χ1v) is 9.14. The third-order valence-corrected chi connectivity index (χ3v) is 5.47. The van der Waals surface area contributed by atoms with Crippen LogP contribution in [0.25, 0.3) is 0 Å². The second kappa shape index (κ2) is 8.25. The van der Waals surface area contributed by atoms with Crippen LogP contribution in [0.3, 0.4) is 0 Å². The van der Waals surface area contributed by atoms with E-state index < -0.39 is 22.0 Å². The molecule has 0 saturated carbocycles. The van der Waals surface area contributed by atoms with Crippen LogP contribution in [-0.4, -0.2) is 50.7 Å². The molecule has 7 nitrogen and oxygen atoms in total. The summed E-state index contributed by atoms with van der Waals surface area (Å²) >= 11 is 0. The molecule has 0 heterocycles. The van der Waals surface area contributed by atoms with Crippen molar-refractivity contribution < 1.29 is 18.0 Å². The smallest absolute Gasteiger partial charge is 0.243 e. The van der Waals surface area contributed by atoms with Crippen LogP contribution < -0.4 is 10.6 Å². The van der Waals surface area contributed by atoms with Gasteiger partial charge in [-0.2, -0.15) is 4.31 Å². The molecule has 2 amide bonds. The first-order valence-electron chi connectivity index (χ1n) is 7.70. The van der Waals surface area contributed by atoms with Gasteiger partial charge in [0.05, 0.1) is 11.4 Å². The van der Waals surface area contributed by atoms with Crippen LogP contribution in [0.5, 0.6) is 0 Å². The Morgan fingerprint density at radius 2 is 1.83 bits per heavy atom. The number of benzene rings is 1. The largest absolute Gasteiger partial charge is 0.355 e. The quantitative estimate of drug-likeness (QED) is 0.747. The molecule has 0 fully saturated rings. The third-order valence-electron chi connectivity index (χ3n) is 3.67. The van der Waals surface area contributed by atoms with Crippen LogP contribution in [0, 0.1) is 13.8 Å². The summed E-state index contributed by atoms with van der Waals surface area (Å²) in [6.07, 6.45) is 0. The number of carbonyl (C=O) groups excluding carboxylic acids is 2. The second-order valence-electron chi connectivity index (χ2n) is 5.69. The average molecular weight is 355 g/mol. The monoisotopic (exact) mass is 355 g/mol. The SMILES string of the molecule is CCNC(=O)[C@@H](C)NC(=O)CN(C)S(=O)(=O)c1ccc(C)c(C)c1. The van der Waals surface area contributed by atoms with Crippen LogP contribution in [0.15, 0.2) is 23.1 Å². The van der Waals surface area contributed by atoms with E-state index in [1.807, 2.05) is 13.8 Å². The molecule has 2 N–H and O–H groups in total.